The Bertz CT molecular complexity index is 1220. The molecule has 0 saturated heterocycles. The molecule has 382 valence electrons. The Morgan fingerprint density at radius 2 is 0.788 bits per heavy atom. The van der Waals surface area contributed by atoms with E-state index in [0.717, 1.165) is 70.6 Å². The molecule has 0 radical (unpaired) electrons. The molecule has 6 nitrogen and oxygen atoms in total. The van der Waals surface area contributed by atoms with Gasteiger partial charge in [-0.05, 0) is 57.4 Å². The summed E-state index contributed by atoms with van der Waals surface area (Å²) in [4.78, 5) is 26.2. The molecule has 0 bridgehead atoms. The van der Waals surface area contributed by atoms with Crippen LogP contribution in [-0.2, 0) is 14.3 Å². The van der Waals surface area contributed by atoms with Gasteiger partial charge < -0.3 is 20.3 Å². The molecule has 66 heavy (non-hydrogen) atoms. The van der Waals surface area contributed by atoms with E-state index in [1.165, 1.54) is 154 Å². The molecule has 0 aliphatic heterocycles. The zero-order valence-electron chi connectivity index (χ0n) is 43.6. The van der Waals surface area contributed by atoms with Crippen molar-refractivity contribution in [1.29, 1.82) is 0 Å². The number of rotatable bonds is 50. The SMILES string of the molecule is CC/C=C\C/C=C\C/C=C\C/C=C\C/C=C\C/C=C\C(CC(=O)NC(CO)C(O)CCCCCCCCCCCCCC)OC(=O)CCCCCCCCCCCCCCCCCCCC. The Balaban J connectivity index is 4.70. The van der Waals surface area contributed by atoms with E-state index < -0.39 is 18.2 Å². The fourth-order valence-electron chi connectivity index (χ4n) is 8.31. The zero-order valence-corrected chi connectivity index (χ0v) is 43.6. The summed E-state index contributed by atoms with van der Waals surface area (Å²) in [6.45, 7) is 6.35. The number of aliphatic hydroxyl groups excluding tert-OH is 2. The average molecular weight is 923 g/mol. The van der Waals surface area contributed by atoms with E-state index in [-0.39, 0.29) is 24.9 Å². The lowest BCUT2D eigenvalue weighted by Gasteiger charge is -2.23. The predicted octanol–water partition coefficient (Wildman–Crippen LogP) is 17.3. The molecule has 0 rings (SSSR count). The molecular formula is C60H107NO5. The van der Waals surface area contributed by atoms with Crippen LogP contribution in [0, 0.1) is 0 Å². The Kier molecular flexibility index (Phi) is 51.1. The minimum Gasteiger partial charge on any atom is -0.458 e. The zero-order chi connectivity index (χ0) is 48.1. The lowest BCUT2D eigenvalue weighted by molar-refractivity contribution is -0.148. The minimum absolute atomic E-state index is 0.0468. The highest BCUT2D eigenvalue weighted by molar-refractivity contribution is 5.78. The van der Waals surface area contributed by atoms with Crippen molar-refractivity contribution in [3.8, 4) is 0 Å². The third kappa shape index (κ3) is 47.8. The largest absolute Gasteiger partial charge is 0.458 e. The summed E-state index contributed by atoms with van der Waals surface area (Å²) in [5.41, 5.74) is 0. The number of hydrogen-bond donors (Lipinski definition) is 3. The summed E-state index contributed by atoms with van der Waals surface area (Å²) in [5.74, 6) is -0.622. The van der Waals surface area contributed by atoms with Gasteiger partial charge in [-0.15, -0.1) is 0 Å². The van der Waals surface area contributed by atoms with E-state index in [2.05, 4.69) is 86.8 Å². The lowest BCUT2D eigenvalue weighted by Crippen LogP contribution is -2.46. The van der Waals surface area contributed by atoms with Crippen molar-refractivity contribution in [1.82, 2.24) is 5.32 Å². The Hall–Kier alpha value is -2.70. The van der Waals surface area contributed by atoms with Crippen LogP contribution >= 0.6 is 0 Å². The maximum Gasteiger partial charge on any atom is 0.306 e. The number of esters is 1. The van der Waals surface area contributed by atoms with Crippen LogP contribution in [0.1, 0.15) is 271 Å². The summed E-state index contributed by atoms with van der Waals surface area (Å²) < 4.78 is 5.85. The van der Waals surface area contributed by atoms with Crippen LogP contribution in [0.5, 0.6) is 0 Å². The summed E-state index contributed by atoms with van der Waals surface area (Å²) in [6.07, 6.45) is 68.6. The van der Waals surface area contributed by atoms with Crippen LogP contribution in [0.2, 0.25) is 0 Å². The fourth-order valence-corrected chi connectivity index (χ4v) is 8.31. The van der Waals surface area contributed by atoms with E-state index in [4.69, 9.17) is 4.74 Å². The van der Waals surface area contributed by atoms with Gasteiger partial charge in [0.05, 0.1) is 25.2 Å². The van der Waals surface area contributed by atoms with Gasteiger partial charge in [0.25, 0.3) is 0 Å². The van der Waals surface area contributed by atoms with Crippen molar-refractivity contribution in [2.75, 3.05) is 6.61 Å². The minimum atomic E-state index is -0.821. The van der Waals surface area contributed by atoms with E-state index in [0.29, 0.717) is 19.3 Å². The molecule has 0 aromatic rings. The van der Waals surface area contributed by atoms with Crippen molar-refractivity contribution in [3.05, 3.63) is 72.9 Å². The first-order valence-electron chi connectivity index (χ1n) is 28.2. The topological polar surface area (TPSA) is 95.9 Å². The summed E-state index contributed by atoms with van der Waals surface area (Å²) in [5, 5.41) is 23.7. The first-order valence-corrected chi connectivity index (χ1v) is 28.2. The molecule has 0 aliphatic rings. The molecule has 3 atom stereocenters. The van der Waals surface area contributed by atoms with E-state index in [1.54, 1.807) is 0 Å². The number of ether oxygens (including phenoxy) is 1. The second kappa shape index (κ2) is 53.3. The number of allylic oxidation sites excluding steroid dienone is 11. The Morgan fingerprint density at radius 1 is 0.455 bits per heavy atom. The third-order valence-corrected chi connectivity index (χ3v) is 12.5. The van der Waals surface area contributed by atoms with Gasteiger partial charge in [0.1, 0.15) is 6.10 Å². The van der Waals surface area contributed by atoms with E-state index in [1.807, 2.05) is 12.2 Å². The van der Waals surface area contributed by atoms with Crippen molar-refractivity contribution in [2.24, 2.45) is 0 Å². The molecule has 6 heteroatoms. The highest BCUT2D eigenvalue weighted by atomic mass is 16.5. The normalized spacial score (nSPS) is 13.7. The maximum absolute atomic E-state index is 13.2. The molecule has 0 heterocycles. The number of unbranched alkanes of at least 4 members (excludes halogenated alkanes) is 28. The number of carbonyl (C=O) groups is 2. The van der Waals surface area contributed by atoms with Gasteiger partial charge >= 0.3 is 5.97 Å². The summed E-state index contributed by atoms with van der Waals surface area (Å²) >= 11 is 0. The van der Waals surface area contributed by atoms with Crippen LogP contribution in [0.25, 0.3) is 0 Å². The number of carbonyl (C=O) groups excluding carboxylic acids is 2. The highest BCUT2D eigenvalue weighted by Crippen LogP contribution is 2.17. The van der Waals surface area contributed by atoms with Crippen LogP contribution in [-0.4, -0.2) is 46.9 Å². The van der Waals surface area contributed by atoms with Gasteiger partial charge in [0.15, 0.2) is 0 Å². The van der Waals surface area contributed by atoms with Gasteiger partial charge in [-0.1, -0.05) is 274 Å². The average Bonchev–Trinajstić information content (AvgIpc) is 3.31. The molecule has 0 spiro atoms. The number of nitrogens with one attached hydrogen (secondary N) is 1. The van der Waals surface area contributed by atoms with Gasteiger partial charge in [0.2, 0.25) is 5.91 Å². The smallest absolute Gasteiger partial charge is 0.306 e. The van der Waals surface area contributed by atoms with Gasteiger partial charge in [-0.25, -0.2) is 0 Å². The van der Waals surface area contributed by atoms with Gasteiger partial charge in [-0.3, -0.25) is 9.59 Å². The quantitative estimate of drug-likeness (QED) is 0.0321. The predicted molar refractivity (Wildman–Crippen MR) is 287 cm³/mol. The van der Waals surface area contributed by atoms with Crippen molar-refractivity contribution in [3.63, 3.8) is 0 Å². The summed E-state index contributed by atoms with van der Waals surface area (Å²) in [7, 11) is 0. The fraction of sp³-hybridized carbons (Fsp3) is 0.767. The lowest BCUT2D eigenvalue weighted by atomic mass is 10.0. The maximum atomic E-state index is 13.2. The van der Waals surface area contributed by atoms with Crippen LogP contribution in [0.15, 0.2) is 72.9 Å². The standard InChI is InChI=1S/C60H107NO5/c1-4-7-10-13-16-19-22-25-27-29-31-33-35-38-41-44-47-50-53-60(65)66-56(51-48-45-42-39-36-34-32-30-28-26-23-20-17-14-11-8-5-2)54-59(64)61-57(55-62)58(63)52-49-46-43-40-37-24-21-18-15-12-9-6-3/h8,11,17,20,26,28,32,34,39,42,48,51,56-58,62-63H,4-7,9-10,12-16,18-19,21-25,27,29-31,33,35-38,40-41,43-47,49-50,52-55H2,1-3H3,(H,61,64)/b11-8-,20-17-,28-26-,34-32-,42-39-,51-48-. The van der Waals surface area contributed by atoms with Gasteiger partial charge in [0, 0.05) is 6.42 Å². The second-order valence-electron chi connectivity index (χ2n) is 19.0. The Labute approximate surface area is 409 Å². The number of aliphatic hydroxyl groups is 2. The number of hydrogen-bond acceptors (Lipinski definition) is 5. The molecule has 0 fully saturated rings. The van der Waals surface area contributed by atoms with Gasteiger partial charge in [-0.2, -0.15) is 0 Å². The van der Waals surface area contributed by atoms with Crippen LogP contribution < -0.4 is 5.32 Å². The molecule has 0 aromatic heterocycles. The van der Waals surface area contributed by atoms with Crippen LogP contribution in [0.3, 0.4) is 0 Å². The van der Waals surface area contributed by atoms with E-state index in [9.17, 15) is 19.8 Å². The number of amides is 1. The highest BCUT2D eigenvalue weighted by Gasteiger charge is 2.23. The molecule has 3 N–H and O–H groups in total. The Morgan fingerprint density at radius 3 is 1.15 bits per heavy atom. The third-order valence-electron chi connectivity index (χ3n) is 12.5. The monoisotopic (exact) mass is 922 g/mol. The summed E-state index contributed by atoms with van der Waals surface area (Å²) in [6, 6.07) is -0.744. The first-order chi connectivity index (χ1) is 32.5. The van der Waals surface area contributed by atoms with Crippen LogP contribution in [0.4, 0.5) is 0 Å². The van der Waals surface area contributed by atoms with Crippen molar-refractivity contribution < 1.29 is 24.5 Å². The van der Waals surface area contributed by atoms with Crippen molar-refractivity contribution in [2.45, 2.75) is 289 Å². The second-order valence-corrected chi connectivity index (χ2v) is 19.0. The molecule has 0 saturated carbocycles. The first kappa shape index (κ1) is 63.3. The van der Waals surface area contributed by atoms with Crippen molar-refractivity contribution >= 4 is 11.9 Å². The molecule has 1 amide bonds. The molecule has 3 unspecified atom stereocenters. The molecule has 0 aromatic carbocycles. The molecule has 0 aliphatic carbocycles. The molecular weight excluding hydrogens is 815 g/mol. The van der Waals surface area contributed by atoms with E-state index >= 15 is 0 Å².